The second-order valence-corrected chi connectivity index (χ2v) is 7.38. The number of ketones is 1. The molecular formula is C9H6Cl3F5N2OS. The fourth-order valence-corrected chi connectivity index (χ4v) is 2.49. The number of benzene rings is 1. The van der Waals surface area contributed by atoms with Crippen LogP contribution in [-0.4, -0.2) is 11.0 Å². The van der Waals surface area contributed by atoms with E-state index >= 15 is 0 Å². The molecule has 0 aliphatic rings. The largest absolute Gasteiger partial charge is 0.310 e. The molecule has 0 aliphatic carbocycles. The summed E-state index contributed by atoms with van der Waals surface area (Å²) in [4.78, 5) is 8.55. The zero-order valence-electron chi connectivity index (χ0n) is 9.94. The highest BCUT2D eigenvalue weighted by molar-refractivity contribution is 8.45. The zero-order valence-corrected chi connectivity index (χ0v) is 13.0. The van der Waals surface area contributed by atoms with Crippen molar-refractivity contribution in [1.82, 2.24) is 0 Å². The summed E-state index contributed by atoms with van der Waals surface area (Å²) in [5, 5.41) is 1.24. The molecule has 0 aromatic heterocycles. The molecule has 0 radical (unpaired) electrons. The molecule has 0 saturated carbocycles. The molecule has 1 N–H and O–H groups in total. The third kappa shape index (κ3) is 4.87. The van der Waals surface area contributed by atoms with Gasteiger partial charge in [-0.2, -0.15) is 5.10 Å². The molecule has 0 amide bonds. The van der Waals surface area contributed by atoms with Gasteiger partial charge in [-0.05, 0) is 12.1 Å². The summed E-state index contributed by atoms with van der Waals surface area (Å²) in [5.41, 5.74) is 1.64. The summed E-state index contributed by atoms with van der Waals surface area (Å²) in [6.45, 7) is 1.08. The number of rotatable bonds is 4. The molecule has 0 atom stereocenters. The number of hydrazone groups is 1. The Morgan fingerprint density at radius 2 is 1.57 bits per heavy atom. The standard InChI is InChI=1S/C9H6Cl3F5N2OS/c1-4(20)9(12)19-18-8-6(10)2-5(3-7(8)11)21(13,14,15,16)17/h2-3,18H,1H3/b19-9-. The van der Waals surface area contributed by atoms with Crippen LogP contribution in [0.3, 0.4) is 0 Å². The highest BCUT2D eigenvalue weighted by atomic mass is 35.5. The number of nitrogens with zero attached hydrogens (tertiary/aromatic N) is 1. The van der Waals surface area contributed by atoms with E-state index < -0.39 is 41.8 Å². The van der Waals surface area contributed by atoms with Gasteiger partial charge in [-0.3, -0.25) is 10.2 Å². The molecule has 1 aromatic rings. The van der Waals surface area contributed by atoms with Crippen LogP contribution in [0.2, 0.25) is 10.0 Å². The van der Waals surface area contributed by atoms with Crippen LogP contribution in [0.4, 0.5) is 25.1 Å². The van der Waals surface area contributed by atoms with Gasteiger partial charge in [0.15, 0.2) is 11.0 Å². The van der Waals surface area contributed by atoms with Gasteiger partial charge in [-0.25, -0.2) is 0 Å². The second kappa shape index (κ2) is 4.87. The van der Waals surface area contributed by atoms with E-state index in [0.29, 0.717) is 0 Å². The van der Waals surface area contributed by atoms with Crippen molar-refractivity contribution in [2.45, 2.75) is 11.8 Å². The fraction of sp³-hybridized carbons (Fsp3) is 0.111. The number of nitrogens with one attached hydrogen (secondary N) is 1. The van der Waals surface area contributed by atoms with E-state index in [9.17, 15) is 24.2 Å². The van der Waals surface area contributed by atoms with Gasteiger partial charge in [0.1, 0.15) is 4.90 Å². The number of carbonyl (C=O) groups is 1. The molecule has 0 fully saturated rings. The Morgan fingerprint density at radius 1 is 1.14 bits per heavy atom. The van der Waals surface area contributed by atoms with Crippen molar-refractivity contribution >= 4 is 61.7 Å². The van der Waals surface area contributed by atoms with Crippen molar-refractivity contribution in [3.05, 3.63) is 22.2 Å². The predicted octanol–water partition coefficient (Wildman–Crippen LogP) is 6.20. The van der Waals surface area contributed by atoms with E-state index in [2.05, 4.69) is 5.10 Å². The van der Waals surface area contributed by atoms with Crippen molar-refractivity contribution in [3.63, 3.8) is 0 Å². The third-order valence-corrected chi connectivity index (χ3v) is 4.09. The third-order valence-electron chi connectivity index (χ3n) is 2.02. The second-order valence-electron chi connectivity index (χ2n) is 3.80. The summed E-state index contributed by atoms with van der Waals surface area (Å²) < 4.78 is 63.1. The number of hydrogen-bond donors (Lipinski definition) is 1. The van der Waals surface area contributed by atoms with E-state index in [1.165, 1.54) is 0 Å². The molecule has 120 valence electrons. The molecular weight excluding hydrogens is 386 g/mol. The molecule has 0 bridgehead atoms. The van der Waals surface area contributed by atoms with Crippen LogP contribution in [0.5, 0.6) is 0 Å². The molecule has 1 aromatic carbocycles. The highest BCUT2D eigenvalue weighted by Gasteiger charge is 2.65. The number of Topliss-reactive ketones (excluding diaryl/α,β-unsaturated/α-hetero) is 1. The number of carbonyl (C=O) groups excluding carboxylic acids is 1. The Hall–Kier alpha value is -0.770. The molecule has 0 spiro atoms. The van der Waals surface area contributed by atoms with Gasteiger partial charge in [0.2, 0.25) is 0 Å². The molecule has 0 saturated heterocycles. The van der Waals surface area contributed by atoms with E-state index in [1.54, 1.807) is 0 Å². The number of anilines is 1. The monoisotopic (exact) mass is 390 g/mol. The summed E-state index contributed by atoms with van der Waals surface area (Å²) in [7, 11) is -9.90. The predicted molar refractivity (Wildman–Crippen MR) is 75.5 cm³/mol. The maximum atomic E-state index is 12.6. The van der Waals surface area contributed by atoms with Crippen LogP contribution in [0, 0.1) is 0 Å². The van der Waals surface area contributed by atoms with Gasteiger partial charge in [0, 0.05) is 6.92 Å². The minimum absolute atomic E-state index is 0.00845. The Kier molecular flexibility index (Phi) is 4.24. The first-order chi connectivity index (χ1) is 9.11. The van der Waals surface area contributed by atoms with E-state index in [-0.39, 0.29) is 12.1 Å². The van der Waals surface area contributed by atoms with Gasteiger partial charge < -0.3 is 0 Å². The maximum absolute atomic E-state index is 12.6. The van der Waals surface area contributed by atoms with Crippen molar-refractivity contribution in [2.75, 3.05) is 5.43 Å². The average Bonchev–Trinajstić information content (AvgIpc) is 2.23. The minimum atomic E-state index is -9.90. The number of hydrogen-bond acceptors (Lipinski definition) is 3. The molecule has 0 heterocycles. The van der Waals surface area contributed by atoms with E-state index in [0.717, 1.165) is 6.92 Å². The fourth-order valence-electron chi connectivity index (χ4n) is 1.06. The Bertz CT molecular complexity index is 624. The first kappa shape index (κ1) is 18.3. The molecule has 12 heteroatoms. The van der Waals surface area contributed by atoms with Gasteiger partial charge in [-0.15, -0.1) is 0 Å². The van der Waals surface area contributed by atoms with Gasteiger partial charge in [-0.1, -0.05) is 54.2 Å². The van der Waals surface area contributed by atoms with Crippen molar-refractivity contribution in [3.8, 4) is 0 Å². The topological polar surface area (TPSA) is 41.5 Å². The molecule has 1 rings (SSSR count). The maximum Gasteiger partial charge on any atom is 0.310 e. The van der Waals surface area contributed by atoms with Crippen LogP contribution in [0.1, 0.15) is 6.92 Å². The van der Waals surface area contributed by atoms with Crippen molar-refractivity contribution in [1.29, 1.82) is 0 Å². The first-order valence-corrected chi connectivity index (χ1v) is 7.93. The summed E-state index contributed by atoms with van der Waals surface area (Å²) in [6, 6.07) is 0.0169. The summed E-state index contributed by atoms with van der Waals surface area (Å²) >= 11 is 16.3. The lowest BCUT2D eigenvalue weighted by Crippen LogP contribution is -2.08. The van der Waals surface area contributed by atoms with Gasteiger partial charge >= 0.3 is 10.2 Å². The van der Waals surface area contributed by atoms with Crippen molar-refractivity contribution < 1.29 is 24.2 Å². The van der Waals surface area contributed by atoms with Gasteiger partial charge in [0.05, 0.1) is 15.7 Å². The molecule has 21 heavy (non-hydrogen) atoms. The smallest absolute Gasteiger partial charge is 0.292 e. The summed E-state index contributed by atoms with van der Waals surface area (Å²) in [5.74, 6) is -0.639. The number of halogens is 8. The molecule has 0 aliphatic heterocycles. The van der Waals surface area contributed by atoms with Crippen LogP contribution in [-0.2, 0) is 4.79 Å². The molecule has 0 unspecified atom stereocenters. The lowest BCUT2D eigenvalue weighted by molar-refractivity contribution is -0.110. The van der Waals surface area contributed by atoms with E-state index in [1.807, 2.05) is 5.43 Å². The lowest BCUT2D eigenvalue weighted by atomic mass is 10.3. The van der Waals surface area contributed by atoms with Crippen LogP contribution in [0.25, 0.3) is 0 Å². The molecule has 3 nitrogen and oxygen atoms in total. The van der Waals surface area contributed by atoms with Gasteiger partial charge in [0.25, 0.3) is 0 Å². The average molecular weight is 392 g/mol. The zero-order chi connectivity index (χ0) is 16.7. The highest BCUT2D eigenvalue weighted by Crippen LogP contribution is 3.02. The SMILES string of the molecule is CC(=O)/C(Cl)=N/Nc1c(Cl)cc(S(F)(F)(F)(F)F)cc1Cl. The van der Waals surface area contributed by atoms with Crippen LogP contribution < -0.4 is 5.43 Å². The van der Waals surface area contributed by atoms with Crippen molar-refractivity contribution in [2.24, 2.45) is 5.10 Å². The Morgan fingerprint density at radius 3 is 1.90 bits per heavy atom. The Labute approximate surface area is 130 Å². The van der Waals surface area contributed by atoms with Crippen LogP contribution >= 0.6 is 45.0 Å². The Balaban J connectivity index is 3.32. The lowest BCUT2D eigenvalue weighted by Gasteiger charge is -2.40. The summed E-state index contributed by atoms with van der Waals surface area (Å²) in [6.07, 6.45) is 0. The minimum Gasteiger partial charge on any atom is -0.292 e. The normalized spacial score (nSPS) is 16.1. The first-order valence-electron chi connectivity index (χ1n) is 4.85. The quantitative estimate of drug-likeness (QED) is 0.377. The van der Waals surface area contributed by atoms with E-state index in [4.69, 9.17) is 34.8 Å². The van der Waals surface area contributed by atoms with Crippen LogP contribution in [0.15, 0.2) is 22.1 Å².